The highest BCUT2D eigenvalue weighted by molar-refractivity contribution is 6.07. The highest BCUT2D eigenvalue weighted by Gasteiger charge is 2.56. The topological polar surface area (TPSA) is 82.1 Å². The molecule has 7 nitrogen and oxygen atoms in total. The summed E-state index contributed by atoms with van der Waals surface area (Å²) in [5.74, 6) is -1.84. The molecule has 0 aliphatic carbocycles. The fraction of sp³-hybridized carbons (Fsp3) is 0.706. The fourth-order valence-corrected chi connectivity index (χ4v) is 3.86. The third kappa shape index (κ3) is 2.92. The Morgan fingerprint density at radius 3 is 2.25 bits per heavy atom. The molecule has 0 unspecified atom stereocenters. The van der Waals surface area contributed by atoms with E-state index in [0.717, 1.165) is 12.8 Å². The predicted molar refractivity (Wildman–Crippen MR) is 85.0 cm³/mol. The zero-order valence-electron chi connectivity index (χ0n) is 14.9. The Balaban J connectivity index is 2.65. The van der Waals surface area contributed by atoms with Crippen molar-refractivity contribution >= 4 is 17.9 Å². The van der Waals surface area contributed by atoms with Gasteiger partial charge in [0, 0.05) is 6.04 Å². The van der Waals surface area contributed by atoms with E-state index in [1.165, 1.54) is 14.2 Å². The molecule has 2 aliphatic rings. The quantitative estimate of drug-likeness (QED) is 0.559. The van der Waals surface area contributed by atoms with E-state index in [1.54, 1.807) is 6.92 Å². The average Bonchev–Trinajstić information content (AvgIpc) is 2.90. The fourth-order valence-electron chi connectivity index (χ4n) is 3.86. The maximum absolute atomic E-state index is 12.5. The number of esters is 3. The minimum atomic E-state index is -0.934. The van der Waals surface area contributed by atoms with Crippen LogP contribution in [0, 0.1) is 5.41 Å². The van der Waals surface area contributed by atoms with Crippen molar-refractivity contribution in [2.45, 2.75) is 45.7 Å². The molecule has 2 heterocycles. The van der Waals surface area contributed by atoms with E-state index in [4.69, 9.17) is 14.2 Å². The van der Waals surface area contributed by atoms with Gasteiger partial charge in [-0.3, -0.25) is 4.90 Å². The van der Waals surface area contributed by atoms with Crippen LogP contribution in [0.25, 0.3) is 0 Å². The summed E-state index contributed by atoms with van der Waals surface area (Å²) in [6, 6.07) is -1.32. The van der Waals surface area contributed by atoms with Crippen molar-refractivity contribution in [3.8, 4) is 0 Å². The lowest BCUT2D eigenvalue weighted by Crippen LogP contribution is -2.53. The Morgan fingerprint density at radius 1 is 1.12 bits per heavy atom. The number of carbonyl (C=O) groups is 3. The molecule has 0 aromatic rings. The molecule has 0 aromatic heterocycles. The standard InChI is InChI=1S/C17H25NO6/c1-6-24-16(21)12-10(14(19)22-4)11(15(20)23-5)13-17(2,3)8-7-9-18(12)13/h12-13H,6-9H2,1-5H3/t12-,13-/m0/s1. The van der Waals surface area contributed by atoms with E-state index >= 15 is 0 Å². The maximum atomic E-state index is 12.5. The van der Waals surface area contributed by atoms with Gasteiger partial charge in [-0.05, 0) is 31.7 Å². The lowest BCUT2D eigenvalue weighted by Gasteiger charge is -2.45. The third-order valence-electron chi connectivity index (χ3n) is 4.80. The van der Waals surface area contributed by atoms with E-state index in [1.807, 2.05) is 18.7 Å². The van der Waals surface area contributed by atoms with Gasteiger partial charge in [-0.25, -0.2) is 14.4 Å². The first-order chi connectivity index (χ1) is 11.3. The molecular formula is C17H25NO6. The summed E-state index contributed by atoms with van der Waals surface area (Å²) < 4.78 is 14.9. The molecular weight excluding hydrogens is 314 g/mol. The molecule has 0 radical (unpaired) electrons. The summed E-state index contributed by atoms with van der Waals surface area (Å²) in [4.78, 5) is 39.3. The second kappa shape index (κ2) is 6.93. The highest BCUT2D eigenvalue weighted by Crippen LogP contribution is 2.46. The molecule has 0 amide bonds. The van der Waals surface area contributed by atoms with E-state index in [2.05, 4.69) is 0 Å². The zero-order valence-corrected chi connectivity index (χ0v) is 14.9. The second-order valence-electron chi connectivity index (χ2n) is 6.70. The lowest BCUT2D eigenvalue weighted by atomic mass is 9.74. The Bertz CT molecular complexity index is 580. The van der Waals surface area contributed by atoms with Gasteiger partial charge in [0.2, 0.25) is 0 Å². The number of nitrogens with zero attached hydrogens (tertiary/aromatic N) is 1. The lowest BCUT2D eigenvalue weighted by molar-refractivity contribution is -0.152. The van der Waals surface area contributed by atoms with Crippen LogP contribution in [0.3, 0.4) is 0 Å². The van der Waals surface area contributed by atoms with Gasteiger partial charge in [0.05, 0.1) is 32.0 Å². The normalized spacial score (nSPS) is 25.9. The van der Waals surface area contributed by atoms with E-state index in [-0.39, 0.29) is 29.2 Å². The summed E-state index contributed by atoms with van der Waals surface area (Å²) in [7, 11) is 2.50. The van der Waals surface area contributed by atoms with Crippen LogP contribution in [0.15, 0.2) is 11.1 Å². The van der Waals surface area contributed by atoms with Crippen LogP contribution in [0.2, 0.25) is 0 Å². The van der Waals surface area contributed by atoms with Gasteiger partial charge in [0.15, 0.2) is 0 Å². The molecule has 0 spiro atoms. The number of piperidine rings is 1. The van der Waals surface area contributed by atoms with Crippen molar-refractivity contribution in [3.63, 3.8) is 0 Å². The van der Waals surface area contributed by atoms with Gasteiger partial charge in [-0.1, -0.05) is 13.8 Å². The number of fused-ring (bicyclic) bond motifs is 1. The molecule has 7 heteroatoms. The summed E-state index contributed by atoms with van der Waals surface area (Å²) in [6.45, 7) is 6.54. The zero-order chi connectivity index (χ0) is 18.1. The van der Waals surface area contributed by atoms with Gasteiger partial charge >= 0.3 is 17.9 Å². The van der Waals surface area contributed by atoms with E-state index in [9.17, 15) is 14.4 Å². The molecule has 24 heavy (non-hydrogen) atoms. The molecule has 0 saturated carbocycles. The van der Waals surface area contributed by atoms with Crippen LogP contribution in [0.4, 0.5) is 0 Å². The predicted octanol–water partition coefficient (Wildman–Crippen LogP) is 1.06. The van der Waals surface area contributed by atoms with Crippen LogP contribution in [0.5, 0.6) is 0 Å². The highest BCUT2D eigenvalue weighted by atomic mass is 16.5. The van der Waals surface area contributed by atoms with Crippen molar-refractivity contribution in [2.75, 3.05) is 27.4 Å². The second-order valence-corrected chi connectivity index (χ2v) is 6.70. The molecule has 2 aliphatic heterocycles. The molecule has 0 bridgehead atoms. The first-order valence-corrected chi connectivity index (χ1v) is 8.13. The van der Waals surface area contributed by atoms with Gasteiger partial charge < -0.3 is 14.2 Å². The average molecular weight is 339 g/mol. The van der Waals surface area contributed by atoms with Gasteiger partial charge in [-0.15, -0.1) is 0 Å². The third-order valence-corrected chi connectivity index (χ3v) is 4.80. The van der Waals surface area contributed by atoms with Crippen molar-refractivity contribution in [1.82, 2.24) is 4.90 Å². The number of hydrogen-bond acceptors (Lipinski definition) is 7. The Labute approximate surface area is 141 Å². The molecule has 1 saturated heterocycles. The SMILES string of the molecule is CCOC(=O)[C@@H]1C(C(=O)OC)=C(C(=O)OC)[C@@H]2N1CCCC2(C)C. The van der Waals surface area contributed by atoms with Crippen molar-refractivity contribution in [2.24, 2.45) is 5.41 Å². The Morgan fingerprint density at radius 2 is 1.71 bits per heavy atom. The first kappa shape index (κ1) is 18.4. The largest absolute Gasteiger partial charge is 0.466 e. The molecule has 134 valence electrons. The molecule has 0 aromatic carbocycles. The minimum Gasteiger partial charge on any atom is -0.466 e. The number of ether oxygens (including phenoxy) is 3. The molecule has 1 fully saturated rings. The van der Waals surface area contributed by atoms with Crippen LogP contribution in [-0.2, 0) is 28.6 Å². The number of hydrogen-bond donors (Lipinski definition) is 0. The monoisotopic (exact) mass is 339 g/mol. The Hall–Kier alpha value is -1.89. The van der Waals surface area contributed by atoms with Crippen LogP contribution in [0.1, 0.15) is 33.6 Å². The van der Waals surface area contributed by atoms with Gasteiger partial charge in [-0.2, -0.15) is 0 Å². The summed E-state index contributed by atoms with van der Waals surface area (Å²) >= 11 is 0. The number of rotatable bonds is 4. The van der Waals surface area contributed by atoms with Crippen LogP contribution < -0.4 is 0 Å². The maximum Gasteiger partial charge on any atom is 0.336 e. The summed E-state index contributed by atoms with van der Waals surface area (Å²) in [5.41, 5.74) is -0.0302. The van der Waals surface area contributed by atoms with Crippen molar-refractivity contribution < 1.29 is 28.6 Å². The van der Waals surface area contributed by atoms with E-state index < -0.39 is 23.9 Å². The summed E-state index contributed by atoms with van der Waals surface area (Å²) in [6.07, 6.45) is 1.74. The minimum absolute atomic E-state index is 0.0442. The number of methoxy groups -OCH3 is 2. The molecule has 2 rings (SSSR count). The first-order valence-electron chi connectivity index (χ1n) is 8.13. The molecule has 2 atom stereocenters. The van der Waals surface area contributed by atoms with Crippen LogP contribution in [-0.4, -0.2) is 62.3 Å². The molecule has 0 N–H and O–H groups in total. The van der Waals surface area contributed by atoms with Gasteiger partial charge in [0.25, 0.3) is 0 Å². The van der Waals surface area contributed by atoms with E-state index in [0.29, 0.717) is 6.54 Å². The van der Waals surface area contributed by atoms with Crippen molar-refractivity contribution in [3.05, 3.63) is 11.1 Å². The Kier molecular flexibility index (Phi) is 5.32. The van der Waals surface area contributed by atoms with Gasteiger partial charge in [0.1, 0.15) is 6.04 Å². The van der Waals surface area contributed by atoms with Crippen molar-refractivity contribution in [1.29, 1.82) is 0 Å². The smallest absolute Gasteiger partial charge is 0.336 e. The summed E-state index contributed by atoms with van der Waals surface area (Å²) in [5, 5.41) is 0. The van der Waals surface area contributed by atoms with Crippen LogP contribution >= 0.6 is 0 Å². The number of carbonyl (C=O) groups excluding carboxylic acids is 3.